The molecule has 0 spiro atoms. The average Bonchev–Trinajstić information content (AvgIpc) is 3.18. The standard InChI is InChI=1S/C22H23FN4O2/c1-16-24-10-11-27(16)20-17(4-3-9-25-20)15-26-21(28)22(7-12-29-13-8-22)18-5-2-6-19(23)14-18/h2-6,9-11,14H,7-8,12-13,15H2,1H3,(H,26,28). The minimum atomic E-state index is -0.798. The fourth-order valence-electron chi connectivity index (χ4n) is 3.88. The van der Waals surface area contributed by atoms with E-state index in [4.69, 9.17) is 4.74 Å². The van der Waals surface area contributed by atoms with Crippen molar-refractivity contribution in [2.24, 2.45) is 0 Å². The minimum absolute atomic E-state index is 0.122. The Morgan fingerprint density at radius 3 is 2.76 bits per heavy atom. The Kier molecular flexibility index (Phi) is 5.40. The first-order valence-corrected chi connectivity index (χ1v) is 9.66. The summed E-state index contributed by atoms with van der Waals surface area (Å²) < 4.78 is 21.2. The first kappa shape index (κ1) is 19.3. The number of aromatic nitrogens is 3. The molecule has 150 valence electrons. The number of carbonyl (C=O) groups excluding carboxylic acids is 1. The third-order valence-corrected chi connectivity index (χ3v) is 5.52. The number of rotatable bonds is 5. The summed E-state index contributed by atoms with van der Waals surface area (Å²) in [7, 11) is 0. The van der Waals surface area contributed by atoms with E-state index in [2.05, 4.69) is 15.3 Å². The van der Waals surface area contributed by atoms with Crippen molar-refractivity contribution >= 4 is 5.91 Å². The third-order valence-electron chi connectivity index (χ3n) is 5.52. The second-order valence-corrected chi connectivity index (χ2v) is 7.22. The van der Waals surface area contributed by atoms with Crippen molar-refractivity contribution in [2.75, 3.05) is 13.2 Å². The molecule has 0 atom stereocenters. The number of imidazole rings is 1. The number of hydrogen-bond donors (Lipinski definition) is 1. The molecule has 1 aliphatic heterocycles. The maximum absolute atomic E-state index is 13.9. The zero-order valence-corrected chi connectivity index (χ0v) is 16.3. The Morgan fingerprint density at radius 2 is 2.03 bits per heavy atom. The monoisotopic (exact) mass is 394 g/mol. The normalized spacial score (nSPS) is 15.8. The molecule has 0 bridgehead atoms. The highest BCUT2D eigenvalue weighted by Crippen LogP contribution is 2.35. The van der Waals surface area contributed by atoms with Crippen LogP contribution in [-0.2, 0) is 21.5 Å². The number of hydrogen-bond acceptors (Lipinski definition) is 4. The van der Waals surface area contributed by atoms with Crippen LogP contribution in [0, 0.1) is 12.7 Å². The predicted molar refractivity (Wildman–Crippen MR) is 106 cm³/mol. The molecule has 1 aliphatic rings. The van der Waals surface area contributed by atoms with Crippen LogP contribution in [0.5, 0.6) is 0 Å². The minimum Gasteiger partial charge on any atom is -0.381 e. The lowest BCUT2D eigenvalue weighted by atomic mass is 9.73. The number of halogens is 1. The van der Waals surface area contributed by atoms with Gasteiger partial charge in [-0.15, -0.1) is 0 Å². The molecule has 29 heavy (non-hydrogen) atoms. The van der Waals surface area contributed by atoms with Gasteiger partial charge in [-0.3, -0.25) is 9.36 Å². The lowest BCUT2D eigenvalue weighted by Crippen LogP contribution is -2.48. The number of ether oxygens (including phenoxy) is 1. The molecule has 7 heteroatoms. The molecule has 1 saturated heterocycles. The zero-order chi connectivity index (χ0) is 20.3. The molecule has 0 unspecified atom stereocenters. The highest BCUT2D eigenvalue weighted by atomic mass is 19.1. The van der Waals surface area contributed by atoms with Gasteiger partial charge in [-0.05, 0) is 43.5 Å². The average molecular weight is 394 g/mol. The third kappa shape index (κ3) is 3.78. The lowest BCUT2D eigenvalue weighted by molar-refractivity contribution is -0.130. The van der Waals surface area contributed by atoms with E-state index in [9.17, 15) is 9.18 Å². The van der Waals surface area contributed by atoms with Crippen LogP contribution in [0.3, 0.4) is 0 Å². The summed E-state index contributed by atoms with van der Waals surface area (Å²) in [5.74, 6) is 1.08. The van der Waals surface area contributed by atoms with Gasteiger partial charge in [0.1, 0.15) is 17.5 Å². The van der Waals surface area contributed by atoms with Crippen molar-refractivity contribution in [3.8, 4) is 5.82 Å². The van der Waals surface area contributed by atoms with Crippen molar-refractivity contribution in [1.82, 2.24) is 19.9 Å². The van der Waals surface area contributed by atoms with Gasteiger partial charge in [0.25, 0.3) is 0 Å². The van der Waals surface area contributed by atoms with Gasteiger partial charge in [-0.1, -0.05) is 18.2 Å². The van der Waals surface area contributed by atoms with Gasteiger partial charge in [0, 0.05) is 43.9 Å². The van der Waals surface area contributed by atoms with E-state index in [0.717, 1.165) is 17.2 Å². The van der Waals surface area contributed by atoms with Crippen molar-refractivity contribution in [1.29, 1.82) is 0 Å². The maximum atomic E-state index is 13.9. The number of nitrogens with one attached hydrogen (secondary N) is 1. The fourth-order valence-corrected chi connectivity index (χ4v) is 3.88. The summed E-state index contributed by atoms with van der Waals surface area (Å²) >= 11 is 0. The van der Waals surface area contributed by atoms with Crippen LogP contribution < -0.4 is 5.32 Å². The van der Waals surface area contributed by atoms with Crippen LogP contribution in [-0.4, -0.2) is 33.7 Å². The predicted octanol–water partition coefficient (Wildman–Crippen LogP) is 3.08. The number of carbonyl (C=O) groups is 1. The van der Waals surface area contributed by atoms with Crippen LogP contribution in [0.2, 0.25) is 0 Å². The summed E-state index contributed by atoms with van der Waals surface area (Å²) in [5.41, 5.74) is 0.770. The molecule has 0 aliphatic carbocycles. The first-order chi connectivity index (χ1) is 14.1. The topological polar surface area (TPSA) is 69.0 Å². The van der Waals surface area contributed by atoms with Crippen molar-refractivity contribution < 1.29 is 13.9 Å². The molecule has 2 aromatic heterocycles. The van der Waals surface area contributed by atoms with E-state index in [-0.39, 0.29) is 11.7 Å². The SMILES string of the molecule is Cc1nccn1-c1ncccc1CNC(=O)C1(c2cccc(F)c2)CCOCC1. The number of aryl methyl sites for hydroxylation is 1. The van der Waals surface area contributed by atoms with Crippen molar-refractivity contribution in [3.05, 3.63) is 77.8 Å². The molecule has 3 heterocycles. The molecule has 0 radical (unpaired) electrons. The largest absolute Gasteiger partial charge is 0.381 e. The second kappa shape index (κ2) is 8.13. The molecule has 1 aromatic carbocycles. The summed E-state index contributed by atoms with van der Waals surface area (Å²) in [5, 5.41) is 3.06. The molecule has 3 aromatic rings. The molecule has 0 saturated carbocycles. The Hall–Kier alpha value is -3.06. The van der Waals surface area contributed by atoms with Gasteiger partial charge in [-0.25, -0.2) is 14.4 Å². The van der Waals surface area contributed by atoms with E-state index >= 15 is 0 Å². The van der Waals surface area contributed by atoms with E-state index in [1.165, 1.54) is 12.1 Å². The van der Waals surface area contributed by atoms with E-state index < -0.39 is 5.41 Å². The fraction of sp³-hybridized carbons (Fsp3) is 0.318. The van der Waals surface area contributed by atoms with Crippen LogP contribution in [0.15, 0.2) is 55.0 Å². The van der Waals surface area contributed by atoms with E-state index in [0.29, 0.717) is 38.2 Å². The van der Waals surface area contributed by atoms with Gasteiger partial charge in [0.2, 0.25) is 5.91 Å². The Labute approximate surface area is 168 Å². The number of nitrogens with zero attached hydrogens (tertiary/aromatic N) is 3. The lowest BCUT2D eigenvalue weighted by Gasteiger charge is -2.36. The number of amides is 1. The van der Waals surface area contributed by atoms with Gasteiger partial charge < -0.3 is 10.1 Å². The highest BCUT2D eigenvalue weighted by Gasteiger charge is 2.41. The second-order valence-electron chi connectivity index (χ2n) is 7.22. The smallest absolute Gasteiger partial charge is 0.231 e. The molecule has 1 fully saturated rings. The van der Waals surface area contributed by atoms with Gasteiger partial charge in [0.05, 0.1) is 5.41 Å². The maximum Gasteiger partial charge on any atom is 0.231 e. The van der Waals surface area contributed by atoms with Gasteiger partial charge >= 0.3 is 0 Å². The van der Waals surface area contributed by atoms with Crippen molar-refractivity contribution in [3.63, 3.8) is 0 Å². The van der Waals surface area contributed by atoms with Gasteiger partial charge in [0.15, 0.2) is 0 Å². The Bertz CT molecular complexity index is 1010. The van der Waals surface area contributed by atoms with Crippen LogP contribution in [0.4, 0.5) is 4.39 Å². The Balaban J connectivity index is 1.60. The summed E-state index contributed by atoms with van der Waals surface area (Å²) in [6, 6.07) is 10.1. The molecule has 1 amide bonds. The van der Waals surface area contributed by atoms with Crippen LogP contribution in [0.1, 0.15) is 29.8 Å². The molecule has 6 nitrogen and oxygen atoms in total. The van der Waals surface area contributed by atoms with Crippen LogP contribution >= 0.6 is 0 Å². The Morgan fingerprint density at radius 1 is 1.21 bits per heavy atom. The molecule has 4 rings (SSSR count). The zero-order valence-electron chi connectivity index (χ0n) is 16.3. The first-order valence-electron chi connectivity index (χ1n) is 9.66. The van der Waals surface area contributed by atoms with E-state index in [1.54, 1.807) is 18.5 Å². The summed E-state index contributed by atoms with van der Waals surface area (Å²) in [6.45, 7) is 3.15. The van der Waals surface area contributed by atoms with Crippen LogP contribution in [0.25, 0.3) is 5.82 Å². The molecular weight excluding hydrogens is 371 g/mol. The molecule has 1 N–H and O–H groups in total. The highest BCUT2D eigenvalue weighted by molar-refractivity contribution is 5.88. The number of benzene rings is 1. The number of pyridine rings is 1. The van der Waals surface area contributed by atoms with Crippen molar-refractivity contribution in [2.45, 2.75) is 31.7 Å². The summed E-state index contributed by atoms with van der Waals surface area (Å²) in [4.78, 5) is 22.1. The molecular formula is C22H23FN4O2. The summed E-state index contributed by atoms with van der Waals surface area (Å²) in [6.07, 6.45) is 6.31. The van der Waals surface area contributed by atoms with E-state index in [1.807, 2.05) is 35.9 Å². The quantitative estimate of drug-likeness (QED) is 0.722. The van der Waals surface area contributed by atoms with Gasteiger partial charge in [-0.2, -0.15) is 0 Å².